The van der Waals surface area contributed by atoms with Crippen molar-refractivity contribution in [3.8, 4) is 46.0 Å². The van der Waals surface area contributed by atoms with Crippen molar-refractivity contribution in [3.63, 3.8) is 0 Å². The normalized spacial score (nSPS) is 16.0. The van der Waals surface area contributed by atoms with E-state index in [4.69, 9.17) is 40.9 Å². The number of hydrogen-bond donors (Lipinski definition) is 4. The van der Waals surface area contributed by atoms with Crippen molar-refractivity contribution in [1.82, 2.24) is 49.3 Å². The number of rotatable bonds is 22. The number of hydrogen-bond acceptors (Lipinski definition) is 16. The molecule has 4 N–H and O–H groups in total. The van der Waals surface area contributed by atoms with E-state index < -0.39 is 126 Å². The van der Waals surface area contributed by atoms with Gasteiger partial charge >= 0.3 is 12.0 Å². The van der Waals surface area contributed by atoms with Gasteiger partial charge in [0.05, 0.1) is 27.6 Å². The average molecular weight is 1060 g/mol. The molecule has 0 saturated carbocycles. The standard InChI is InChI=1S/2C20H23BrN6O4S/c2*1-3-8-26-32(28,29)27-18-17(15-4-6-16(21)7-5-15)19(25-13-24-18)30-9-10-31-20-22-11-14(2)12-23-20/h2*4-7,11-13,26H,3,8-10H2,1-2H3,(H,24,25,27)/i8D2,9D2,10D2,11D,12D,13D;9D2,10D2,11D,12D,13D. The summed E-state index contributed by atoms with van der Waals surface area (Å²) in [5.41, 5.74) is 0.0810. The Morgan fingerprint density at radius 3 is 1.34 bits per heavy atom. The van der Waals surface area contributed by atoms with Gasteiger partial charge in [0.25, 0.3) is 20.4 Å². The average Bonchev–Trinajstić information content (AvgIpc) is 3.31. The zero-order chi connectivity index (χ0) is 60.1. The number of anilines is 2. The number of halogens is 2. The van der Waals surface area contributed by atoms with Crippen LogP contribution in [-0.4, -0.2) is 96.0 Å². The predicted octanol–water partition coefficient (Wildman–Crippen LogP) is 6.24. The molecule has 0 unspecified atom stereocenters. The second-order valence-corrected chi connectivity index (χ2v) is 16.7. The third-order valence-corrected chi connectivity index (χ3v) is 10.1. The van der Waals surface area contributed by atoms with Gasteiger partial charge in [0, 0.05) is 49.4 Å². The van der Waals surface area contributed by atoms with Crippen molar-refractivity contribution in [2.45, 2.75) is 40.5 Å². The Hall–Kier alpha value is -5.66. The first-order valence-corrected chi connectivity index (χ1v) is 22.6. The molecule has 0 radical (unpaired) electrons. The van der Waals surface area contributed by atoms with Crippen molar-refractivity contribution in [3.05, 3.63) is 106 Å². The van der Waals surface area contributed by atoms with Crippen molar-refractivity contribution >= 4 is 63.9 Å². The van der Waals surface area contributed by atoms with Crippen molar-refractivity contribution in [1.29, 1.82) is 0 Å². The molecule has 20 nitrogen and oxygen atoms in total. The topological polar surface area (TPSA) is 256 Å². The van der Waals surface area contributed by atoms with Gasteiger partial charge in [-0.05, 0) is 73.2 Å². The van der Waals surface area contributed by atoms with Crippen LogP contribution in [0.25, 0.3) is 22.3 Å². The third-order valence-electron chi connectivity index (χ3n) is 7.12. The molecule has 24 heteroatoms. The largest absolute Gasteiger partial charge is 0.473 e. The molecule has 0 saturated heterocycles. The van der Waals surface area contributed by atoms with Crippen LogP contribution in [0.5, 0.6) is 23.8 Å². The van der Waals surface area contributed by atoms with E-state index in [9.17, 15) is 16.8 Å². The molecule has 4 heterocycles. The lowest BCUT2D eigenvalue weighted by Crippen LogP contribution is -2.31. The Balaban J connectivity index is 0.000000294. The highest BCUT2D eigenvalue weighted by Gasteiger charge is 2.21. The Morgan fingerprint density at radius 2 is 0.953 bits per heavy atom. The van der Waals surface area contributed by atoms with Gasteiger partial charge in [0.1, 0.15) is 41.6 Å². The molecule has 0 aliphatic rings. The van der Waals surface area contributed by atoms with E-state index in [0.29, 0.717) is 15.4 Å². The SMILES string of the molecule is [2H]c1nc(NS(=O)(=O)NC([2H])([2H])CC)c(-c2ccc(Br)cc2)c(OC([2H])([2H])C([2H])([2H])Oc2nc([2H])c(C)c([2H])n2)n1.[2H]c1nc(NS(=O)(=O)NCCC)c(-c2ccc(Br)cc2)c(OC([2H])([2H])C([2H])([2H])Oc2nc([2H])c(C)c([2H])n2)n1. The lowest BCUT2D eigenvalue weighted by atomic mass is 10.1. The number of benzene rings is 2. The molecule has 0 amide bonds. The first-order chi connectivity index (χ1) is 36.8. The van der Waals surface area contributed by atoms with Gasteiger partial charge in [-0.15, -0.1) is 0 Å². The Labute approximate surface area is 411 Å². The summed E-state index contributed by atoms with van der Waals surface area (Å²) in [7, 11) is -8.84. The van der Waals surface area contributed by atoms with Crippen LogP contribution >= 0.6 is 31.9 Å². The highest BCUT2D eigenvalue weighted by molar-refractivity contribution is 9.10. The molecule has 4 aromatic heterocycles. The summed E-state index contributed by atoms with van der Waals surface area (Å²) in [5, 5.41) is 0. The van der Waals surface area contributed by atoms with Crippen LogP contribution in [0.4, 0.5) is 11.6 Å². The van der Waals surface area contributed by atoms with Crippen LogP contribution in [0.15, 0.2) is 94.8 Å². The number of ether oxygens (including phenoxy) is 4. The zero-order valence-electron chi connectivity index (χ0n) is 49.7. The zero-order valence-corrected chi connectivity index (χ0v) is 38.5. The minimum Gasteiger partial charge on any atom is -0.473 e. The summed E-state index contributed by atoms with van der Waals surface area (Å²) in [6.45, 7) is -9.78. The molecular formula is C40H46Br2N12O8S2. The van der Waals surface area contributed by atoms with Crippen LogP contribution in [-0.2, 0) is 20.4 Å². The first-order valence-electron chi connectivity index (χ1n) is 26.1. The van der Waals surface area contributed by atoms with Gasteiger partial charge in [-0.2, -0.15) is 26.3 Å². The maximum absolute atomic E-state index is 12.7. The second-order valence-electron chi connectivity index (χ2n) is 12.0. The fraction of sp³-hybridized carbons (Fsp3) is 0.300. The number of nitrogens with one attached hydrogen (secondary N) is 4. The third kappa shape index (κ3) is 15.8. The molecule has 6 rings (SSSR count). The van der Waals surface area contributed by atoms with Crippen molar-refractivity contribution < 1.29 is 57.7 Å². The van der Waals surface area contributed by atoms with Gasteiger partial charge in [-0.25, -0.2) is 39.9 Å². The summed E-state index contributed by atoms with van der Waals surface area (Å²) < 4.78 is 209. The van der Waals surface area contributed by atoms with Gasteiger partial charge < -0.3 is 18.9 Å². The molecule has 6 aromatic rings. The summed E-state index contributed by atoms with van der Waals surface area (Å²) in [6.07, 6.45) is -3.05. The van der Waals surface area contributed by atoms with Crippen LogP contribution < -0.4 is 37.8 Å². The van der Waals surface area contributed by atoms with Gasteiger partial charge in [0.2, 0.25) is 11.8 Å². The highest BCUT2D eigenvalue weighted by atomic mass is 79.9. The Kier molecular flexibility index (Phi) is 11.9. The smallest absolute Gasteiger partial charge is 0.316 e. The van der Waals surface area contributed by atoms with Gasteiger partial charge in [-0.3, -0.25) is 9.44 Å². The molecule has 0 aliphatic heterocycles. The summed E-state index contributed by atoms with van der Waals surface area (Å²) in [4.78, 5) is 29.5. The maximum Gasteiger partial charge on any atom is 0.316 e. The highest BCUT2D eigenvalue weighted by Crippen LogP contribution is 2.36. The monoisotopic (exact) mass is 1060 g/mol. The van der Waals surface area contributed by atoms with E-state index in [1.54, 1.807) is 35.9 Å². The first kappa shape index (κ1) is 31.3. The van der Waals surface area contributed by atoms with E-state index in [1.165, 1.54) is 45.0 Å². The molecule has 340 valence electrons. The van der Waals surface area contributed by atoms with Gasteiger partial charge in [-0.1, -0.05) is 70.0 Å². The summed E-state index contributed by atoms with van der Waals surface area (Å²) >= 11 is 6.54. The molecule has 0 aliphatic carbocycles. The van der Waals surface area contributed by atoms with Crippen molar-refractivity contribution in [2.75, 3.05) is 48.7 Å². The molecule has 0 bridgehead atoms. The molecule has 0 spiro atoms. The van der Waals surface area contributed by atoms with Crippen LogP contribution in [0.1, 0.15) is 59.7 Å². The molecule has 0 atom stereocenters. The van der Waals surface area contributed by atoms with Crippen molar-refractivity contribution in [2.24, 2.45) is 0 Å². The lowest BCUT2D eigenvalue weighted by molar-refractivity contribution is 0.202. The summed E-state index contributed by atoms with van der Waals surface area (Å²) in [5.74, 6) is -2.46. The van der Waals surface area contributed by atoms with Crippen LogP contribution in [0.2, 0.25) is 0 Å². The fourth-order valence-corrected chi connectivity index (χ4v) is 6.69. The fourth-order valence-electron chi connectivity index (χ4n) is 4.42. The van der Waals surface area contributed by atoms with Crippen LogP contribution in [0.3, 0.4) is 0 Å². The van der Waals surface area contributed by atoms with E-state index in [-0.39, 0.29) is 46.3 Å². The molecule has 0 fully saturated rings. The van der Waals surface area contributed by atoms with Gasteiger partial charge in [0.15, 0.2) is 11.6 Å². The molecular weight excluding hydrogens is 1000 g/mol. The Morgan fingerprint density at radius 1 is 0.562 bits per heavy atom. The lowest BCUT2D eigenvalue weighted by Gasteiger charge is -2.15. The van der Waals surface area contributed by atoms with E-state index in [2.05, 4.69) is 81.2 Å². The molecule has 64 heavy (non-hydrogen) atoms. The maximum atomic E-state index is 12.7. The van der Waals surface area contributed by atoms with E-state index >= 15 is 0 Å². The minimum atomic E-state index is -4.66. The second kappa shape index (κ2) is 24.4. The summed E-state index contributed by atoms with van der Waals surface area (Å²) in [6, 6.07) is 10.6. The number of nitrogens with zero attached hydrogens (tertiary/aromatic N) is 8. The predicted molar refractivity (Wildman–Crippen MR) is 248 cm³/mol. The number of aromatic nitrogens is 8. The molecule has 2 aromatic carbocycles. The van der Waals surface area contributed by atoms with E-state index in [1.807, 2.05) is 4.72 Å². The quantitative estimate of drug-likeness (QED) is 0.0587. The minimum absolute atomic E-state index is 0.0803. The van der Waals surface area contributed by atoms with E-state index in [0.717, 1.165) is 0 Å². The Bertz CT molecular complexity index is 3420. The van der Waals surface area contributed by atoms with Crippen LogP contribution in [0, 0.1) is 13.8 Å².